The Morgan fingerprint density at radius 3 is 2.62 bits per heavy atom. The van der Waals surface area contributed by atoms with E-state index in [2.05, 4.69) is 4.98 Å². The predicted octanol–water partition coefficient (Wildman–Crippen LogP) is 0.833. The van der Waals surface area contributed by atoms with E-state index in [-0.39, 0.29) is 30.1 Å². The normalized spacial score (nSPS) is 11.8. The van der Waals surface area contributed by atoms with Crippen molar-refractivity contribution in [3.05, 3.63) is 27.8 Å². The molecule has 2 aromatic rings. The maximum Gasteiger partial charge on any atom is 0.325 e. The molecule has 0 aliphatic heterocycles. The first-order chi connectivity index (χ1) is 9.79. The van der Waals surface area contributed by atoms with Crippen LogP contribution in [0.15, 0.2) is 17.0 Å². The lowest BCUT2D eigenvalue weighted by molar-refractivity contribution is -0.389. The number of nitro groups is 1. The SMILES string of the molecule is COc1cc2[nH]c([N+](=O)[O-])c(CCN)c2cc1S(=O)(=O)O. The number of hydrogen-bond acceptors (Lipinski definition) is 6. The molecule has 10 heteroatoms. The summed E-state index contributed by atoms with van der Waals surface area (Å²) in [6.45, 7) is 0.154. The molecule has 0 radical (unpaired) electrons. The number of nitrogens with zero attached hydrogens (tertiary/aromatic N) is 1. The van der Waals surface area contributed by atoms with E-state index < -0.39 is 19.9 Å². The van der Waals surface area contributed by atoms with Gasteiger partial charge in [0, 0.05) is 11.5 Å². The molecule has 0 aliphatic carbocycles. The molecule has 0 fully saturated rings. The summed E-state index contributed by atoms with van der Waals surface area (Å²) in [7, 11) is -3.29. The van der Waals surface area contributed by atoms with E-state index in [9.17, 15) is 23.1 Å². The van der Waals surface area contributed by atoms with E-state index in [1.807, 2.05) is 0 Å². The number of hydrogen-bond donors (Lipinski definition) is 3. The van der Waals surface area contributed by atoms with Gasteiger partial charge in [0.25, 0.3) is 10.1 Å². The van der Waals surface area contributed by atoms with Gasteiger partial charge in [-0.2, -0.15) is 8.42 Å². The van der Waals surface area contributed by atoms with Crippen molar-refractivity contribution in [2.75, 3.05) is 13.7 Å². The summed E-state index contributed by atoms with van der Waals surface area (Å²) >= 11 is 0. The third-order valence-corrected chi connectivity index (χ3v) is 3.90. The molecule has 0 aliphatic rings. The monoisotopic (exact) mass is 315 g/mol. The number of H-pyrrole nitrogens is 1. The fraction of sp³-hybridized carbons (Fsp3) is 0.273. The molecule has 1 aromatic carbocycles. The van der Waals surface area contributed by atoms with Gasteiger partial charge in [-0.25, -0.2) is 4.98 Å². The van der Waals surface area contributed by atoms with Crippen LogP contribution in [0.1, 0.15) is 5.56 Å². The Balaban J connectivity index is 2.86. The van der Waals surface area contributed by atoms with Crippen LogP contribution in [0.4, 0.5) is 5.82 Å². The Morgan fingerprint density at radius 2 is 2.14 bits per heavy atom. The molecule has 0 spiro atoms. The molecule has 0 unspecified atom stereocenters. The van der Waals surface area contributed by atoms with Gasteiger partial charge in [-0.15, -0.1) is 0 Å². The molecule has 1 aromatic heterocycles. The molecule has 0 bridgehead atoms. The van der Waals surface area contributed by atoms with Gasteiger partial charge in [0.1, 0.15) is 16.2 Å². The summed E-state index contributed by atoms with van der Waals surface area (Å²) in [5, 5.41) is 11.3. The van der Waals surface area contributed by atoms with Gasteiger partial charge in [-0.1, -0.05) is 0 Å². The summed E-state index contributed by atoms with van der Waals surface area (Å²) in [5.74, 6) is -0.370. The zero-order chi connectivity index (χ0) is 15.8. The highest BCUT2D eigenvalue weighted by Gasteiger charge is 2.25. The summed E-state index contributed by atoms with van der Waals surface area (Å²) in [6, 6.07) is 2.42. The number of ether oxygens (including phenoxy) is 1. The third kappa shape index (κ3) is 2.68. The van der Waals surface area contributed by atoms with Crippen LogP contribution >= 0.6 is 0 Å². The van der Waals surface area contributed by atoms with Gasteiger partial charge >= 0.3 is 5.82 Å². The number of fused-ring (bicyclic) bond motifs is 1. The Hall–Kier alpha value is -2.17. The van der Waals surface area contributed by atoms with Gasteiger partial charge in [0.2, 0.25) is 0 Å². The van der Waals surface area contributed by atoms with Crippen LogP contribution in [0.5, 0.6) is 5.75 Å². The molecule has 1 heterocycles. The Bertz CT molecular complexity index is 811. The molecule has 4 N–H and O–H groups in total. The van der Waals surface area contributed by atoms with Crippen LogP contribution in [0.3, 0.4) is 0 Å². The van der Waals surface area contributed by atoms with Crippen LogP contribution < -0.4 is 10.5 Å². The molecule has 0 amide bonds. The summed E-state index contributed by atoms with van der Waals surface area (Å²) < 4.78 is 36.9. The van der Waals surface area contributed by atoms with Crippen molar-refractivity contribution in [2.45, 2.75) is 11.3 Å². The Kier molecular flexibility index (Phi) is 3.85. The molecule has 114 valence electrons. The number of nitrogens with one attached hydrogen (secondary N) is 1. The molecule has 21 heavy (non-hydrogen) atoms. The maximum absolute atomic E-state index is 11.4. The Labute approximate surface area is 119 Å². The van der Waals surface area contributed by atoms with Crippen molar-refractivity contribution in [1.82, 2.24) is 4.98 Å². The minimum Gasteiger partial charge on any atom is -0.495 e. The van der Waals surface area contributed by atoms with Crippen molar-refractivity contribution in [3.8, 4) is 5.75 Å². The molecule has 0 saturated carbocycles. The average Bonchev–Trinajstić information content (AvgIpc) is 2.75. The topological polar surface area (TPSA) is 149 Å². The van der Waals surface area contributed by atoms with E-state index in [0.717, 1.165) is 6.07 Å². The van der Waals surface area contributed by atoms with E-state index >= 15 is 0 Å². The Morgan fingerprint density at radius 1 is 1.48 bits per heavy atom. The van der Waals surface area contributed by atoms with Crippen LogP contribution in [0.2, 0.25) is 0 Å². The van der Waals surface area contributed by atoms with E-state index in [1.54, 1.807) is 0 Å². The van der Waals surface area contributed by atoms with E-state index in [4.69, 9.17) is 10.5 Å². The number of rotatable bonds is 5. The minimum atomic E-state index is -4.52. The fourth-order valence-electron chi connectivity index (χ4n) is 2.16. The van der Waals surface area contributed by atoms with E-state index in [1.165, 1.54) is 13.2 Å². The summed E-state index contributed by atoms with van der Waals surface area (Å²) in [6.07, 6.45) is 0.188. The minimum absolute atomic E-state index is 0.111. The fourth-order valence-corrected chi connectivity index (χ4v) is 2.82. The first-order valence-electron chi connectivity index (χ1n) is 5.84. The van der Waals surface area contributed by atoms with Gasteiger partial charge in [-0.3, -0.25) is 4.55 Å². The molecular weight excluding hydrogens is 302 g/mol. The average molecular weight is 315 g/mol. The molecular formula is C11H13N3O6S. The second-order valence-corrected chi connectivity index (χ2v) is 5.66. The second kappa shape index (κ2) is 5.31. The zero-order valence-corrected chi connectivity index (χ0v) is 11.8. The quantitative estimate of drug-likeness (QED) is 0.420. The van der Waals surface area contributed by atoms with Crippen molar-refractivity contribution >= 4 is 26.8 Å². The highest BCUT2D eigenvalue weighted by atomic mass is 32.2. The van der Waals surface area contributed by atoms with Crippen LogP contribution in [0, 0.1) is 10.1 Å². The van der Waals surface area contributed by atoms with E-state index in [0.29, 0.717) is 10.9 Å². The lowest BCUT2D eigenvalue weighted by atomic mass is 10.1. The lowest BCUT2D eigenvalue weighted by Gasteiger charge is -2.05. The van der Waals surface area contributed by atoms with Crippen molar-refractivity contribution < 1.29 is 22.6 Å². The van der Waals surface area contributed by atoms with Crippen LogP contribution in [0.25, 0.3) is 10.9 Å². The van der Waals surface area contributed by atoms with Gasteiger partial charge < -0.3 is 20.6 Å². The number of benzene rings is 1. The molecule has 9 nitrogen and oxygen atoms in total. The number of aromatic amines is 1. The predicted molar refractivity (Wildman–Crippen MR) is 74.1 cm³/mol. The maximum atomic E-state index is 11.4. The zero-order valence-electron chi connectivity index (χ0n) is 11.0. The van der Waals surface area contributed by atoms with Gasteiger partial charge in [0.15, 0.2) is 0 Å². The third-order valence-electron chi connectivity index (χ3n) is 3.02. The lowest BCUT2D eigenvalue weighted by Crippen LogP contribution is -2.05. The van der Waals surface area contributed by atoms with Crippen molar-refractivity contribution in [2.24, 2.45) is 5.73 Å². The highest BCUT2D eigenvalue weighted by molar-refractivity contribution is 7.86. The largest absolute Gasteiger partial charge is 0.495 e. The number of methoxy groups -OCH3 is 1. The van der Waals surface area contributed by atoms with Crippen molar-refractivity contribution in [1.29, 1.82) is 0 Å². The first-order valence-corrected chi connectivity index (χ1v) is 7.28. The number of nitrogens with two attached hydrogens (primary N) is 1. The van der Waals surface area contributed by atoms with Gasteiger partial charge in [-0.05, 0) is 24.0 Å². The number of aromatic nitrogens is 1. The van der Waals surface area contributed by atoms with Crippen LogP contribution in [-0.2, 0) is 16.5 Å². The summed E-state index contributed by atoms with van der Waals surface area (Å²) in [4.78, 5) is 12.6. The standard InChI is InChI=1S/C11H13N3O6S/c1-20-9-5-8-7(4-10(9)21(17,18)19)6(2-3-12)11(13-8)14(15)16/h4-5,13H,2-3,12H2,1H3,(H,17,18,19). The van der Waals surface area contributed by atoms with Crippen LogP contribution in [-0.4, -0.2) is 36.5 Å². The second-order valence-electron chi connectivity index (χ2n) is 4.27. The molecule has 0 saturated heterocycles. The highest BCUT2D eigenvalue weighted by Crippen LogP contribution is 2.35. The smallest absolute Gasteiger partial charge is 0.325 e. The summed E-state index contributed by atoms with van der Waals surface area (Å²) in [5.41, 5.74) is 6.04. The first kappa shape index (κ1) is 15.2. The molecule has 2 rings (SSSR count). The van der Waals surface area contributed by atoms with Gasteiger partial charge in [0.05, 0.1) is 12.7 Å². The molecule has 0 atom stereocenters. The van der Waals surface area contributed by atoms with Crippen molar-refractivity contribution in [3.63, 3.8) is 0 Å².